The zero-order valence-corrected chi connectivity index (χ0v) is 21.4. The highest BCUT2D eigenvalue weighted by atomic mass is 16.4. The van der Waals surface area contributed by atoms with Crippen LogP contribution in [0.5, 0.6) is 0 Å². The van der Waals surface area contributed by atoms with Crippen molar-refractivity contribution in [2.45, 2.75) is 83.6 Å². The van der Waals surface area contributed by atoms with Crippen LogP contribution in [0.2, 0.25) is 0 Å². The summed E-state index contributed by atoms with van der Waals surface area (Å²) in [7, 11) is 0. The van der Waals surface area contributed by atoms with Gasteiger partial charge in [-0.15, -0.1) is 0 Å². The molecule has 1 rings (SSSR count). The van der Waals surface area contributed by atoms with Crippen LogP contribution >= 0.6 is 0 Å². The van der Waals surface area contributed by atoms with E-state index in [0.717, 1.165) is 0 Å². The Morgan fingerprint density at radius 2 is 1.33 bits per heavy atom. The highest BCUT2D eigenvalue weighted by Crippen LogP contribution is 2.20. The van der Waals surface area contributed by atoms with Crippen molar-refractivity contribution >= 4 is 29.6 Å². The van der Waals surface area contributed by atoms with Crippen molar-refractivity contribution in [2.75, 3.05) is 19.8 Å². The van der Waals surface area contributed by atoms with Gasteiger partial charge in [0.2, 0.25) is 23.6 Å². The predicted octanol–water partition coefficient (Wildman–Crippen LogP) is -2.08. The van der Waals surface area contributed by atoms with Crippen molar-refractivity contribution in [3.8, 4) is 0 Å². The molecule has 206 valence electrons. The number of nitrogens with one attached hydrogen (secondary N) is 3. The topological polar surface area (TPSA) is 211 Å². The Labute approximate surface area is 211 Å². The molecule has 8 N–H and O–H groups in total. The first-order valence-electron chi connectivity index (χ1n) is 12.2. The molecule has 36 heavy (non-hydrogen) atoms. The lowest BCUT2D eigenvalue weighted by molar-refractivity contribution is -0.149. The molecule has 0 aromatic heterocycles. The quantitative estimate of drug-likeness (QED) is 0.135. The Bertz CT molecular complexity index is 790. The fourth-order valence-corrected chi connectivity index (χ4v) is 3.98. The largest absolute Gasteiger partial charge is 0.480 e. The molecular weight excluding hydrogens is 474 g/mol. The Morgan fingerprint density at radius 1 is 0.833 bits per heavy atom. The molecule has 0 aromatic carbocycles. The molecule has 0 aliphatic carbocycles. The molecule has 1 fully saturated rings. The number of hydrogen-bond acceptors (Lipinski definition) is 8. The van der Waals surface area contributed by atoms with Crippen LogP contribution in [0.1, 0.15) is 53.4 Å². The van der Waals surface area contributed by atoms with Crippen molar-refractivity contribution in [1.82, 2.24) is 20.9 Å². The average molecular weight is 516 g/mol. The second kappa shape index (κ2) is 14.7. The summed E-state index contributed by atoms with van der Waals surface area (Å²) in [5, 5.41) is 35.7. The number of hydrogen-bond donors (Lipinski definition) is 7. The lowest BCUT2D eigenvalue weighted by Gasteiger charge is -2.29. The van der Waals surface area contributed by atoms with Crippen LogP contribution in [0.15, 0.2) is 0 Å². The number of carbonyl (C=O) groups excluding carboxylic acids is 4. The number of aliphatic hydroxyl groups excluding tert-OH is 2. The van der Waals surface area contributed by atoms with Gasteiger partial charge in [-0.25, -0.2) is 4.79 Å². The van der Waals surface area contributed by atoms with Crippen LogP contribution in [0.3, 0.4) is 0 Å². The summed E-state index contributed by atoms with van der Waals surface area (Å²) in [6.45, 7) is 6.18. The molecule has 4 amide bonds. The van der Waals surface area contributed by atoms with Crippen LogP contribution < -0.4 is 21.7 Å². The molecule has 1 heterocycles. The predicted molar refractivity (Wildman–Crippen MR) is 129 cm³/mol. The van der Waals surface area contributed by atoms with Gasteiger partial charge < -0.3 is 41.9 Å². The van der Waals surface area contributed by atoms with Gasteiger partial charge in [0, 0.05) is 6.54 Å². The molecule has 1 aliphatic heterocycles. The SMILES string of the molecule is CC(C)C[C@H](NC(=O)[C@@H](N)CO)C(=O)N[C@@H](CO)C(=O)N[C@@H](CC(C)C)C(=O)N1CCC[C@H]1C(=O)O. The summed E-state index contributed by atoms with van der Waals surface area (Å²) in [6.07, 6.45) is 1.28. The number of carboxylic acids is 1. The van der Waals surface area contributed by atoms with Gasteiger partial charge in [0.15, 0.2) is 0 Å². The third kappa shape index (κ3) is 9.36. The summed E-state index contributed by atoms with van der Waals surface area (Å²) in [6, 6.07) is -5.74. The van der Waals surface area contributed by atoms with E-state index in [4.69, 9.17) is 10.8 Å². The van der Waals surface area contributed by atoms with E-state index < -0.39 is 73.0 Å². The minimum absolute atomic E-state index is 0.0198. The standard InChI is InChI=1S/C23H41N5O8/c1-12(2)8-15(25-19(31)14(24)10-29)20(32)27-17(11-30)21(33)26-16(9-13(3)4)22(34)28-7-5-6-18(28)23(35)36/h12-18,29-30H,5-11,24H2,1-4H3,(H,25,31)(H,26,33)(H,27,32)(H,35,36)/t14-,15-,16-,17-,18-/m0/s1. The maximum atomic E-state index is 13.1. The number of likely N-dealkylation sites (tertiary alicyclic amines) is 1. The van der Waals surface area contributed by atoms with Crippen LogP contribution in [0, 0.1) is 11.8 Å². The van der Waals surface area contributed by atoms with Crippen molar-refractivity contribution in [2.24, 2.45) is 17.6 Å². The minimum atomic E-state index is -1.42. The zero-order valence-electron chi connectivity index (χ0n) is 21.4. The number of nitrogens with two attached hydrogens (primary N) is 1. The van der Waals surface area contributed by atoms with Gasteiger partial charge in [-0.1, -0.05) is 27.7 Å². The average Bonchev–Trinajstić information content (AvgIpc) is 3.30. The van der Waals surface area contributed by atoms with Crippen molar-refractivity contribution in [3.05, 3.63) is 0 Å². The third-order valence-electron chi connectivity index (χ3n) is 5.83. The second-order valence-electron chi connectivity index (χ2n) is 9.94. The summed E-state index contributed by atoms with van der Waals surface area (Å²) in [4.78, 5) is 63.8. The monoisotopic (exact) mass is 515 g/mol. The lowest BCUT2D eigenvalue weighted by Crippen LogP contribution is -2.59. The molecular formula is C23H41N5O8. The molecule has 0 aromatic rings. The molecule has 0 radical (unpaired) electrons. The Hall–Kier alpha value is -2.77. The van der Waals surface area contributed by atoms with Crippen LogP contribution in [0.4, 0.5) is 0 Å². The number of rotatable bonds is 14. The summed E-state index contributed by atoms with van der Waals surface area (Å²) in [5.74, 6) is -4.00. The summed E-state index contributed by atoms with van der Waals surface area (Å²) in [5.41, 5.74) is 5.50. The minimum Gasteiger partial charge on any atom is -0.480 e. The van der Waals surface area contributed by atoms with Crippen molar-refractivity contribution in [1.29, 1.82) is 0 Å². The number of aliphatic hydroxyl groups is 2. The number of carboxylic acid groups (broad SMARTS) is 1. The molecule has 13 heteroatoms. The third-order valence-corrected chi connectivity index (χ3v) is 5.83. The molecule has 13 nitrogen and oxygen atoms in total. The fraction of sp³-hybridized carbons (Fsp3) is 0.783. The van der Waals surface area contributed by atoms with E-state index in [1.165, 1.54) is 4.90 Å². The van der Waals surface area contributed by atoms with Gasteiger partial charge in [0.25, 0.3) is 0 Å². The Kier molecular flexibility index (Phi) is 12.8. The van der Waals surface area contributed by atoms with Gasteiger partial charge in [-0.05, 0) is 37.5 Å². The highest BCUT2D eigenvalue weighted by molar-refractivity contribution is 5.95. The van der Waals surface area contributed by atoms with E-state index in [9.17, 15) is 34.2 Å². The molecule has 0 bridgehead atoms. The Balaban J connectivity index is 2.98. The number of amides is 4. The van der Waals surface area contributed by atoms with Gasteiger partial charge >= 0.3 is 5.97 Å². The van der Waals surface area contributed by atoms with E-state index >= 15 is 0 Å². The van der Waals surface area contributed by atoms with Crippen LogP contribution in [0.25, 0.3) is 0 Å². The van der Waals surface area contributed by atoms with Crippen LogP contribution in [-0.2, 0) is 24.0 Å². The molecule has 1 saturated heterocycles. The number of nitrogens with zero attached hydrogens (tertiary/aromatic N) is 1. The maximum absolute atomic E-state index is 13.1. The molecule has 0 spiro atoms. The molecule has 0 saturated carbocycles. The highest BCUT2D eigenvalue weighted by Gasteiger charge is 2.38. The summed E-state index contributed by atoms with van der Waals surface area (Å²) < 4.78 is 0. The summed E-state index contributed by atoms with van der Waals surface area (Å²) >= 11 is 0. The van der Waals surface area contributed by atoms with Crippen molar-refractivity contribution in [3.63, 3.8) is 0 Å². The van der Waals surface area contributed by atoms with E-state index in [-0.39, 0.29) is 31.2 Å². The van der Waals surface area contributed by atoms with Gasteiger partial charge in [0.1, 0.15) is 30.2 Å². The molecule has 0 unspecified atom stereocenters. The molecule has 1 aliphatic rings. The Morgan fingerprint density at radius 3 is 1.83 bits per heavy atom. The van der Waals surface area contributed by atoms with E-state index in [1.54, 1.807) is 0 Å². The van der Waals surface area contributed by atoms with Gasteiger partial charge in [-0.2, -0.15) is 0 Å². The first-order valence-corrected chi connectivity index (χ1v) is 12.2. The fourth-order valence-electron chi connectivity index (χ4n) is 3.98. The normalized spacial score (nSPS) is 18.9. The van der Waals surface area contributed by atoms with E-state index in [0.29, 0.717) is 12.8 Å². The maximum Gasteiger partial charge on any atom is 0.326 e. The second-order valence-corrected chi connectivity index (χ2v) is 9.94. The first kappa shape index (κ1) is 31.3. The van der Waals surface area contributed by atoms with Gasteiger partial charge in [0.05, 0.1) is 13.2 Å². The van der Waals surface area contributed by atoms with Crippen LogP contribution in [-0.4, -0.2) is 99.8 Å². The smallest absolute Gasteiger partial charge is 0.326 e. The van der Waals surface area contributed by atoms with Gasteiger partial charge in [-0.3, -0.25) is 19.2 Å². The first-order chi connectivity index (χ1) is 16.8. The number of aliphatic carboxylic acids is 1. The number of carbonyl (C=O) groups is 5. The van der Waals surface area contributed by atoms with E-state index in [2.05, 4.69) is 16.0 Å². The zero-order chi connectivity index (χ0) is 27.6. The van der Waals surface area contributed by atoms with Crippen molar-refractivity contribution < 1.29 is 39.3 Å². The van der Waals surface area contributed by atoms with E-state index in [1.807, 2.05) is 27.7 Å². The molecule has 5 atom stereocenters. The lowest BCUT2D eigenvalue weighted by atomic mass is 10.0.